The number of rotatable bonds is 6. The lowest BCUT2D eigenvalue weighted by Gasteiger charge is -2.14. The second kappa shape index (κ2) is 7.87. The van der Waals surface area contributed by atoms with Crippen molar-refractivity contribution in [2.45, 2.75) is 13.8 Å². The van der Waals surface area contributed by atoms with Crippen LogP contribution in [0.5, 0.6) is 0 Å². The van der Waals surface area contributed by atoms with Crippen LogP contribution in [0, 0.1) is 11.7 Å². The average molecular weight is 361 g/mol. The lowest BCUT2D eigenvalue weighted by atomic mass is 9.97. The molecule has 5 nitrogen and oxygen atoms in total. The molecule has 0 atom stereocenters. The number of ketones is 1. The van der Waals surface area contributed by atoms with Gasteiger partial charge in [0.2, 0.25) is 5.92 Å². The van der Waals surface area contributed by atoms with Gasteiger partial charge in [-0.2, -0.15) is 0 Å². The van der Waals surface area contributed by atoms with Crippen molar-refractivity contribution in [1.29, 1.82) is 0 Å². The zero-order valence-electron chi connectivity index (χ0n) is 11.5. The summed E-state index contributed by atoms with van der Waals surface area (Å²) in [6.07, 6.45) is 0. The molecule has 1 aromatic rings. The molecule has 0 radical (unpaired) electrons. The normalized spacial score (nSPS) is 10.3. The predicted octanol–water partition coefficient (Wildman–Crippen LogP) is 2.51. The van der Waals surface area contributed by atoms with Gasteiger partial charge in [0.15, 0.2) is 5.78 Å². The van der Waals surface area contributed by atoms with Crippen molar-refractivity contribution >= 4 is 33.7 Å². The third kappa shape index (κ3) is 4.35. The molecule has 0 aliphatic heterocycles. The van der Waals surface area contributed by atoms with Gasteiger partial charge in [-0.15, -0.1) is 0 Å². The standard InChI is InChI=1S/C14H14BrFO5/c1-3-20-13(18)11(14(19)21-4-2)12(17)9-6-5-8(16)7-10(9)15/h5-7,11H,3-4H2,1-2H3. The quantitative estimate of drug-likeness (QED) is 0.442. The first-order valence-corrected chi connectivity index (χ1v) is 7.04. The zero-order valence-corrected chi connectivity index (χ0v) is 13.1. The minimum absolute atomic E-state index is 0.00232. The summed E-state index contributed by atoms with van der Waals surface area (Å²) in [6, 6.07) is 3.32. The molecule has 0 aliphatic carbocycles. The minimum Gasteiger partial charge on any atom is -0.465 e. The molecule has 0 saturated carbocycles. The highest BCUT2D eigenvalue weighted by atomic mass is 79.9. The molecule has 0 fully saturated rings. The number of Topliss-reactive ketones (excluding diaryl/α,β-unsaturated/α-hetero) is 1. The smallest absolute Gasteiger partial charge is 0.328 e. The highest BCUT2D eigenvalue weighted by Crippen LogP contribution is 2.22. The molecule has 0 aliphatic rings. The van der Waals surface area contributed by atoms with E-state index in [-0.39, 0.29) is 23.2 Å². The summed E-state index contributed by atoms with van der Waals surface area (Å²) in [6.45, 7) is 3.15. The SMILES string of the molecule is CCOC(=O)C(C(=O)OCC)C(=O)c1ccc(F)cc1Br. The summed E-state index contributed by atoms with van der Waals surface area (Å²) in [4.78, 5) is 36.0. The summed E-state index contributed by atoms with van der Waals surface area (Å²) < 4.78 is 22.6. The summed E-state index contributed by atoms with van der Waals surface area (Å²) in [5, 5.41) is 0. The number of hydrogen-bond acceptors (Lipinski definition) is 5. The molecule has 0 heterocycles. The Balaban J connectivity index is 3.15. The van der Waals surface area contributed by atoms with Gasteiger partial charge in [0.1, 0.15) is 5.82 Å². The Labute approximate surface area is 129 Å². The van der Waals surface area contributed by atoms with Gasteiger partial charge in [0.25, 0.3) is 0 Å². The van der Waals surface area contributed by atoms with Gasteiger partial charge in [0, 0.05) is 10.0 Å². The van der Waals surface area contributed by atoms with E-state index in [9.17, 15) is 18.8 Å². The topological polar surface area (TPSA) is 69.7 Å². The third-order valence-corrected chi connectivity index (χ3v) is 3.16. The fourth-order valence-electron chi connectivity index (χ4n) is 1.61. The van der Waals surface area contributed by atoms with E-state index < -0.39 is 29.5 Å². The van der Waals surface area contributed by atoms with Crippen molar-refractivity contribution in [2.24, 2.45) is 5.92 Å². The Hall–Kier alpha value is -1.76. The molecule has 7 heteroatoms. The molecule has 0 unspecified atom stereocenters. The van der Waals surface area contributed by atoms with Gasteiger partial charge in [-0.05, 0) is 48.0 Å². The highest BCUT2D eigenvalue weighted by molar-refractivity contribution is 9.10. The van der Waals surface area contributed by atoms with E-state index in [4.69, 9.17) is 9.47 Å². The van der Waals surface area contributed by atoms with Crippen molar-refractivity contribution < 1.29 is 28.2 Å². The molecule has 0 aromatic heterocycles. The maximum atomic E-state index is 13.0. The maximum Gasteiger partial charge on any atom is 0.328 e. The Morgan fingerprint density at radius 2 is 1.67 bits per heavy atom. The van der Waals surface area contributed by atoms with E-state index in [1.165, 1.54) is 6.07 Å². The molecule has 1 rings (SSSR count). The number of esters is 2. The van der Waals surface area contributed by atoms with Crippen LogP contribution in [-0.2, 0) is 19.1 Å². The van der Waals surface area contributed by atoms with E-state index in [0.29, 0.717) is 0 Å². The van der Waals surface area contributed by atoms with Gasteiger partial charge in [-0.25, -0.2) is 4.39 Å². The monoisotopic (exact) mass is 360 g/mol. The van der Waals surface area contributed by atoms with Gasteiger partial charge < -0.3 is 9.47 Å². The van der Waals surface area contributed by atoms with Crippen LogP contribution in [0.3, 0.4) is 0 Å². The number of benzene rings is 1. The molecular formula is C14H14BrFO5. The first kappa shape index (κ1) is 17.3. The lowest BCUT2D eigenvalue weighted by Crippen LogP contribution is -2.35. The van der Waals surface area contributed by atoms with Gasteiger partial charge in [-0.1, -0.05) is 0 Å². The highest BCUT2D eigenvalue weighted by Gasteiger charge is 2.38. The first-order valence-electron chi connectivity index (χ1n) is 6.24. The van der Waals surface area contributed by atoms with E-state index in [1.807, 2.05) is 0 Å². The van der Waals surface area contributed by atoms with E-state index in [2.05, 4.69) is 15.9 Å². The van der Waals surface area contributed by atoms with Crippen molar-refractivity contribution in [1.82, 2.24) is 0 Å². The second-order valence-corrected chi connectivity index (χ2v) is 4.78. The van der Waals surface area contributed by atoms with E-state index in [0.717, 1.165) is 12.1 Å². The number of ether oxygens (including phenoxy) is 2. The summed E-state index contributed by atoms with van der Waals surface area (Å²) in [5.41, 5.74) is 0.00232. The Morgan fingerprint density at radius 1 is 1.14 bits per heavy atom. The minimum atomic E-state index is -1.72. The van der Waals surface area contributed by atoms with Crippen LogP contribution < -0.4 is 0 Å². The van der Waals surface area contributed by atoms with Crippen LogP contribution >= 0.6 is 15.9 Å². The predicted molar refractivity (Wildman–Crippen MR) is 75.2 cm³/mol. The van der Waals surface area contributed by atoms with E-state index >= 15 is 0 Å². The molecule has 0 amide bonds. The number of halogens is 2. The molecule has 0 saturated heterocycles. The van der Waals surface area contributed by atoms with Crippen LogP contribution in [0.25, 0.3) is 0 Å². The molecule has 0 N–H and O–H groups in total. The first-order chi connectivity index (χ1) is 9.92. The number of carbonyl (C=O) groups excluding carboxylic acids is 3. The lowest BCUT2D eigenvalue weighted by molar-refractivity contribution is -0.158. The summed E-state index contributed by atoms with van der Waals surface area (Å²) in [5.74, 6) is -5.05. The second-order valence-electron chi connectivity index (χ2n) is 3.93. The van der Waals surface area contributed by atoms with Crippen LogP contribution in [0.2, 0.25) is 0 Å². The van der Waals surface area contributed by atoms with Crippen molar-refractivity contribution in [2.75, 3.05) is 13.2 Å². The van der Waals surface area contributed by atoms with Crippen molar-refractivity contribution in [3.63, 3.8) is 0 Å². The van der Waals surface area contributed by atoms with Gasteiger partial charge >= 0.3 is 11.9 Å². The van der Waals surface area contributed by atoms with Gasteiger partial charge in [-0.3, -0.25) is 14.4 Å². The van der Waals surface area contributed by atoms with E-state index in [1.54, 1.807) is 13.8 Å². The zero-order chi connectivity index (χ0) is 16.0. The maximum absolute atomic E-state index is 13.0. The van der Waals surface area contributed by atoms with Crippen molar-refractivity contribution in [3.05, 3.63) is 34.1 Å². The molecule has 0 spiro atoms. The number of hydrogen-bond donors (Lipinski definition) is 0. The molecule has 21 heavy (non-hydrogen) atoms. The van der Waals surface area contributed by atoms with Crippen LogP contribution in [0.1, 0.15) is 24.2 Å². The fraction of sp³-hybridized carbons (Fsp3) is 0.357. The van der Waals surface area contributed by atoms with Gasteiger partial charge in [0.05, 0.1) is 13.2 Å². The summed E-state index contributed by atoms with van der Waals surface area (Å²) >= 11 is 3.03. The Bertz CT molecular complexity index is 540. The molecule has 114 valence electrons. The molecular weight excluding hydrogens is 347 g/mol. The fourth-order valence-corrected chi connectivity index (χ4v) is 2.15. The largest absolute Gasteiger partial charge is 0.465 e. The number of carbonyl (C=O) groups is 3. The average Bonchev–Trinajstić information content (AvgIpc) is 2.39. The van der Waals surface area contributed by atoms with Crippen LogP contribution in [-0.4, -0.2) is 30.9 Å². The Kier molecular flexibility index (Phi) is 6.48. The Morgan fingerprint density at radius 3 is 2.10 bits per heavy atom. The van der Waals surface area contributed by atoms with Crippen LogP contribution in [0.4, 0.5) is 4.39 Å². The summed E-state index contributed by atoms with van der Waals surface area (Å²) in [7, 11) is 0. The molecule has 1 aromatic carbocycles. The molecule has 0 bridgehead atoms. The third-order valence-electron chi connectivity index (χ3n) is 2.50. The van der Waals surface area contributed by atoms with Crippen LogP contribution in [0.15, 0.2) is 22.7 Å². The van der Waals surface area contributed by atoms with Crippen molar-refractivity contribution in [3.8, 4) is 0 Å².